The van der Waals surface area contributed by atoms with E-state index >= 15 is 0 Å². The summed E-state index contributed by atoms with van der Waals surface area (Å²) in [6, 6.07) is 1.96. The topological polar surface area (TPSA) is 48.0 Å². The largest absolute Gasteiger partial charge is 0.440 e. The molecule has 4 nitrogen and oxygen atoms in total. The first-order valence-electron chi connectivity index (χ1n) is 6.27. The highest BCUT2D eigenvalue weighted by atomic mass is 32.2. The molecule has 0 aliphatic heterocycles. The van der Waals surface area contributed by atoms with E-state index in [-0.39, 0.29) is 5.78 Å². The third kappa shape index (κ3) is 2.92. The van der Waals surface area contributed by atoms with Crippen molar-refractivity contribution in [3.63, 3.8) is 0 Å². The number of carbonyl (C=O) groups is 1. The van der Waals surface area contributed by atoms with Gasteiger partial charge in [0.2, 0.25) is 0 Å². The van der Waals surface area contributed by atoms with E-state index in [1.165, 1.54) is 11.8 Å². The summed E-state index contributed by atoms with van der Waals surface area (Å²) in [7, 11) is 0. The second-order valence-electron chi connectivity index (χ2n) is 4.50. The standard InChI is InChI=1S/C14H18N2O2S/c1-5-16-10(3)6-12(11(16)4)13(17)8-19-14-15-9(2)7-18-14/h6-7H,5,8H2,1-4H3. The summed E-state index contributed by atoms with van der Waals surface area (Å²) in [6.07, 6.45) is 1.59. The van der Waals surface area contributed by atoms with Crippen molar-refractivity contribution in [3.8, 4) is 0 Å². The first kappa shape index (κ1) is 13.9. The average Bonchev–Trinajstić information content (AvgIpc) is 2.90. The maximum Gasteiger partial charge on any atom is 0.256 e. The lowest BCUT2D eigenvalue weighted by Crippen LogP contribution is -2.05. The second-order valence-corrected chi connectivity index (χ2v) is 5.42. The zero-order valence-electron chi connectivity index (χ0n) is 11.7. The van der Waals surface area contributed by atoms with Crippen molar-refractivity contribution in [3.05, 3.63) is 35.0 Å². The summed E-state index contributed by atoms with van der Waals surface area (Å²) in [5.41, 5.74) is 3.80. The summed E-state index contributed by atoms with van der Waals surface area (Å²) in [5, 5.41) is 0.551. The number of hydrogen-bond donors (Lipinski definition) is 0. The van der Waals surface area contributed by atoms with Crippen LogP contribution in [-0.2, 0) is 6.54 Å². The molecular formula is C14H18N2O2S. The number of ketones is 1. The fourth-order valence-corrected chi connectivity index (χ4v) is 2.91. The molecule has 2 aromatic heterocycles. The van der Waals surface area contributed by atoms with Crippen LogP contribution in [0.3, 0.4) is 0 Å². The van der Waals surface area contributed by atoms with E-state index in [1.54, 1.807) is 6.26 Å². The average molecular weight is 278 g/mol. The molecule has 0 aromatic carbocycles. The van der Waals surface area contributed by atoms with E-state index in [9.17, 15) is 4.79 Å². The van der Waals surface area contributed by atoms with Crippen LogP contribution in [-0.4, -0.2) is 21.1 Å². The highest BCUT2D eigenvalue weighted by molar-refractivity contribution is 7.99. The molecule has 0 fully saturated rings. The molecule has 0 saturated carbocycles. The Morgan fingerprint density at radius 2 is 2.16 bits per heavy atom. The van der Waals surface area contributed by atoms with Gasteiger partial charge in [-0.15, -0.1) is 0 Å². The lowest BCUT2D eigenvalue weighted by molar-refractivity contribution is 0.102. The van der Waals surface area contributed by atoms with E-state index in [0.29, 0.717) is 11.0 Å². The van der Waals surface area contributed by atoms with Gasteiger partial charge in [-0.25, -0.2) is 4.98 Å². The molecular weight excluding hydrogens is 260 g/mol. The predicted octanol–water partition coefficient (Wildman–Crippen LogP) is 3.40. The van der Waals surface area contributed by atoms with Crippen molar-refractivity contribution in [2.45, 2.75) is 39.5 Å². The van der Waals surface area contributed by atoms with Gasteiger partial charge in [-0.3, -0.25) is 4.79 Å². The number of Topliss-reactive ketones (excluding diaryl/α,β-unsaturated/α-hetero) is 1. The van der Waals surface area contributed by atoms with Crippen molar-refractivity contribution in [1.82, 2.24) is 9.55 Å². The highest BCUT2D eigenvalue weighted by Gasteiger charge is 2.16. The molecule has 0 spiro atoms. The number of thioether (sulfide) groups is 1. The van der Waals surface area contributed by atoms with Gasteiger partial charge in [0.05, 0.1) is 11.4 Å². The molecule has 0 saturated heterocycles. The second kappa shape index (κ2) is 5.65. The fourth-order valence-electron chi connectivity index (χ4n) is 2.17. The Kier molecular flexibility index (Phi) is 4.14. The monoisotopic (exact) mass is 278 g/mol. The minimum absolute atomic E-state index is 0.119. The molecule has 0 aliphatic carbocycles. The van der Waals surface area contributed by atoms with Crippen LogP contribution in [0.4, 0.5) is 0 Å². The van der Waals surface area contributed by atoms with Crippen molar-refractivity contribution < 1.29 is 9.21 Å². The van der Waals surface area contributed by atoms with Crippen molar-refractivity contribution in [2.24, 2.45) is 0 Å². The zero-order chi connectivity index (χ0) is 14.0. The predicted molar refractivity (Wildman–Crippen MR) is 75.9 cm³/mol. The van der Waals surface area contributed by atoms with E-state index in [2.05, 4.69) is 16.5 Å². The van der Waals surface area contributed by atoms with Crippen LogP contribution in [0, 0.1) is 20.8 Å². The number of oxazole rings is 1. The molecule has 0 radical (unpaired) electrons. The highest BCUT2D eigenvalue weighted by Crippen LogP contribution is 2.21. The Labute approximate surface area is 117 Å². The van der Waals surface area contributed by atoms with Gasteiger partial charge in [0.15, 0.2) is 5.78 Å². The molecule has 19 heavy (non-hydrogen) atoms. The minimum atomic E-state index is 0.119. The molecule has 0 bridgehead atoms. The van der Waals surface area contributed by atoms with E-state index in [0.717, 1.165) is 29.2 Å². The van der Waals surface area contributed by atoms with Crippen molar-refractivity contribution >= 4 is 17.5 Å². The Balaban J connectivity index is 2.08. The summed E-state index contributed by atoms with van der Waals surface area (Å²) < 4.78 is 7.37. The third-order valence-electron chi connectivity index (χ3n) is 3.11. The van der Waals surface area contributed by atoms with Gasteiger partial charge in [-0.1, -0.05) is 11.8 Å². The fraction of sp³-hybridized carbons (Fsp3) is 0.429. The summed E-state index contributed by atoms with van der Waals surface area (Å²) in [4.78, 5) is 16.4. The van der Waals surface area contributed by atoms with E-state index in [4.69, 9.17) is 4.42 Å². The van der Waals surface area contributed by atoms with Gasteiger partial charge >= 0.3 is 0 Å². The van der Waals surface area contributed by atoms with E-state index < -0.39 is 0 Å². The number of nitrogens with zero attached hydrogens (tertiary/aromatic N) is 2. The Hall–Kier alpha value is -1.49. The lowest BCUT2D eigenvalue weighted by atomic mass is 10.2. The van der Waals surface area contributed by atoms with Crippen LogP contribution in [0.5, 0.6) is 0 Å². The lowest BCUT2D eigenvalue weighted by Gasteiger charge is -2.05. The number of rotatable bonds is 5. The number of aromatic nitrogens is 2. The van der Waals surface area contributed by atoms with Crippen LogP contribution < -0.4 is 0 Å². The van der Waals surface area contributed by atoms with Gasteiger partial charge in [0, 0.05) is 23.5 Å². The molecule has 102 valence electrons. The summed E-state index contributed by atoms with van der Waals surface area (Å²) in [6.45, 7) is 8.85. The van der Waals surface area contributed by atoms with Crippen LogP contribution >= 0.6 is 11.8 Å². The quantitative estimate of drug-likeness (QED) is 0.621. The normalized spacial score (nSPS) is 10.9. The van der Waals surface area contributed by atoms with Gasteiger partial charge in [0.1, 0.15) is 6.26 Å². The minimum Gasteiger partial charge on any atom is -0.440 e. The molecule has 5 heteroatoms. The molecule has 0 N–H and O–H groups in total. The van der Waals surface area contributed by atoms with Crippen molar-refractivity contribution in [1.29, 1.82) is 0 Å². The molecule has 2 rings (SSSR count). The number of carbonyl (C=O) groups excluding carboxylic acids is 1. The molecule has 2 heterocycles. The molecule has 2 aromatic rings. The smallest absolute Gasteiger partial charge is 0.256 e. The molecule has 0 amide bonds. The number of aryl methyl sites for hydroxylation is 2. The summed E-state index contributed by atoms with van der Waals surface area (Å²) >= 11 is 1.34. The maximum atomic E-state index is 12.2. The van der Waals surface area contributed by atoms with Crippen molar-refractivity contribution in [2.75, 3.05) is 5.75 Å². The Morgan fingerprint density at radius 3 is 2.68 bits per heavy atom. The van der Waals surface area contributed by atoms with Gasteiger partial charge in [0.25, 0.3) is 5.22 Å². The molecule has 0 atom stereocenters. The van der Waals surface area contributed by atoms with Crippen LogP contribution in [0.1, 0.15) is 34.4 Å². The first-order chi connectivity index (χ1) is 9.02. The Morgan fingerprint density at radius 1 is 1.42 bits per heavy atom. The first-order valence-corrected chi connectivity index (χ1v) is 7.26. The number of hydrogen-bond acceptors (Lipinski definition) is 4. The van der Waals surface area contributed by atoms with Crippen LogP contribution in [0.25, 0.3) is 0 Å². The van der Waals surface area contributed by atoms with Gasteiger partial charge in [-0.05, 0) is 33.8 Å². The maximum absolute atomic E-state index is 12.2. The zero-order valence-corrected chi connectivity index (χ0v) is 12.5. The third-order valence-corrected chi connectivity index (χ3v) is 3.96. The molecule has 0 unspecified atom stereocenters. The Bertz CT molecular complexity index is 599. The van der Waals surface area contributed by atoms with Gasteiger partial charge < -0.3 is 8.98 Å². The van der Waals surface area contributed by atoms with Crippen LogP contribution in [0.15, 0.2) is 22.0 Å². The van der Waals surface area contributed by atoms with Gasteiger partial charge in [-0.2, -0.15) is 0 Å². The SMILES string of the molecule is CCn1c(C)cc(C(=O)CSc2nc(C)co2)c1C. The van der Waals surface area contributed by atoms with Crippen LogP contribution in [0.2, 0.25) is 0 Å². The summed E-state index contributed by atoms with van der Waals surface area (Å²) in [5.74, 6) is 0.474. The molecule has 0 aliphatic rings. The van der Waals surface area contributed by atoms with E-state index in [1.807, 2.05) is 26.8 Å².